The van der Waals surface area contributed by atoms with Crippen LogP contribution in [-0.2, 0) is 24.8 Å². The number of hydrogen-bond acceptors (Lipinski definition) is 7. The minimum atomic E-state index is -3.80. The molecule has 0 saturated carbocycles. The van der Waals surface area contributed by atoms with Gasteiger partial charge in [-0.25, -0.2) is 22.0 Å². The van der Waals surface area contributed by atoms with Gasteiger partial charge in [-0.05, 0) is 49.2 Å². The number of anilines is 1. The molecule has 0 aromatic heterocycles. The quantitative estimate of drug-likeness (QED) is 0.455. The Hall–Kier alpha value is -2.51. The van der Waals surface area contributed by atoms with Gasteiger partial charge in [0.15, 0.2) is 0 Å². The van der Waals surface area contributed by atoms with Gasteiger partial charge in [0.05, 0.1) is 24.2 Å². The summed E-state index contributed by atoms with van der Waals surface area (Å²) in [6.45, 7) is 4.24. The zero-order valence-electron chi connectivity index (χ0n) is 20.4. The van der Waals surface area contributed by atoms with Crippen LogP contribution in [0.2, 0.25) is 0 Å². The van der Waals surface area contributed by atoms with Crippen molar-refractivity contribution >= 4 is 31.6 Å². The van der Waals surface area contributed by atoms with Gasteiger partial charge in [0, 0.05) is 26.1 Å². The molecule has 1 heterocycles. The average Bonchev–Trinajstić information content (AvgIpc) is 3.28. The van der Waals surface area contributed by atoms with Crippen LogP contribution in [0.5, 0.6) is 0 Å². The highest BCUT2D eigenvalue weighted by atomic mass is 32.2. The van der Waals surface area contributed by atoms with Crippen molar-refractivity contribution in [2.45, 2.75) is 25.8 Å². The van der Waals surface area contributed by atoms with E-state index in [1.54, 1.807) is 43.1 Å². The van der Waals surface area contributed by atoms with Crippen LogP contribution < -0.4 is 14.8 Å². The van der Waals surface area contributed by atoms with E-state index in [9.17, 15) is 21.6 Å². The maximum Gasteiger partial charge on any atom is 0.226 e. The summed E-state index contributed by atoms with van der Waals surface area (Å²) in [4.78, 5) is 20.8. The fourth-order valence-electron chi connectivity index (χ4n) is 4.16. The van der Waals surface area contributed by atoms with Gasteiger partial charge in [-0.2, -0.15) is 0 Å². The summed E-state index contributed by atoms with van der Waals surface area (Å²) in [5.74, 6) is -0.0409. The summed E-state index contributed by atoms with van der Waals surface area (Å²) in [6.07, 6.45) is 4.16. The van der Waals surface area contributed by atoms with Gasteiger partial charge in [-0.3, -0.25) is 4.79 Å². The number of rotatable bonds is 10. The third-order valence-corrected chi connectivity index (χ3v) is 6.86. The number of hydrazine groups is 2. The first kappa shape index (κ1) is 27.1. The second kappa shape index (κ2) is 11.0. The zero-order valence-corrected chi connectivity index (χ0v) is 22.1. The molecule has 35 heavy (non-hydrogen) atoms. The van der Waals surface area contributed by atoms with Crippen molar-refractivity contribution in [3.05, 3.63) is 54.1 Å². The second-order valence-corrected chi connectivity index (χ2v) is 12.3. The van der Waals surface area contributed by atoms with Crippen molar-refractivity contribution in [3.63, 3.8) is 0 Å². The highest BCUT2D eigenvalue weighted by molar-refractivity contribution is 7.89. The molecular weight excluding hydrogens is 490 g/mol. The molecule has 10 nitrogen and oxygen atoms in total. The average molecular weight is 524 g/mol. The fraction of sp³-hybridized carbons (Fsp3) is 0.435. The number of nitrogens with zero attached hydrogens (tertiary/aromatic N) is 3. The van der Waals surface area contributed by atoms with Crippen molar-refractivity contribution in [1.29, 1.82) is 0 Å². The van der Waals surface area contributed by atoms with Crippen LogP contribution in [0.1, 0.15) is 31.4 Å². The van der Waals surface area contributed by atoms with Gasteiger partial charge in [-0.1, -0.05) is 36.4 Å². The Bertz CT molecular complexity index is 1230. The summed E-state index contributed by atoms with van der Waals surface area (Å²) in [7, 11) is -5.81. The number of hydrogen-bond donors (Lipinski definition) is 2. The molecular formula is C23H33N5O5S2. The molecule has 0 radical (unpaired) electrons. The molecule has 0 unspecified atom stereocenters. The van der Waals surface area contributed by atoms with E-state index in [2.05, 4.69) is 14.6 Å². The zero-order chi connectivity index (χ0) is 25.8. The first-order valence-electron chi connectivity index (χ1n) is 11.2. The summed E-state index contributed by atoms with van der Waals surface area (Å²) < 4.78 is 47.9. The molecule has 3 rings (SSSR count). The Kier molecular flexibility index (Phi) is 8.54. The van der Waals surface area contributed by atoms with Crippen molar-refractivity contribution in [2.24, 2.45) is 0 Å². The number of amides is 1. The minimum absolute atomic E-state index is 0.0409. The first-order chi connectivity index (χ1) is 16.3. The Morgan fingerprint density at radius 1 is 0.971 bits per heavy atom. The lowest BCUT2D eigenvalue weighted by atomic mass is 9.97. The van der Waals surface area contributed by atoms with E-state index < -0.39 is 20.0 Å². The summed E-state index contributed by atoms with van der Waals surface area (Å²) >= 11 is 0. The third-order valence-electron chi connectivity index (χ3n) is 5.84. The number of carbonyl (C=O) groups excluding carboxylic acids is 1. The normalized spacial score (nSPS) is 15.7. The number of likely N-dealkylation sites (N-methyl/N-ethyl adjacent to an activating group) is 1. The Labute approximate surface area is 207 Å². The van der Waals surface area contributed by atoms with Crippen LogP contribution in [0.25, 0.3) is 11.1 Å². The molecule has 0 spiro atoms. The van der Waals surface area contributed by atoms with Gasteiger partial charge >= 0.3 is 0 Å². The lowest BCUT2D eigenvalue weighted by Crippen LogP contribution is -2.52. The van der Waals surface area contributed by atoms with Crippen molar-refractivity contribution in [2.75, 3.05) is 44.3 Å². The second-order valence-electron chi connectivity index (χ2n) is 8.86. The Balaban J connectivity index is 2.05. The van der Waals surface area contributed by atoms with Crippen molar-refractivity contribution in [3.8, 4) is 11.1 Å². The lowest BCUT2D eigenvalue weighted by molar-refractivity contribution is -0.130. The van der Waals surface area contributed by atoms with Gasteiger partial charge in [0.2, 0.25) is 26.0 Å². The molecule has 192 valence electrons. The monoisotopic (exact) mass is 523 g/mol. The molecule has 0 bridgehead atoms. The molecule has 2 aromatic rings. The van der Waals surface area contributed by atoms with Crippen molar-refractivity contribution in [1.82, 2.24) is 19.5 Å². The van der Waals surface area contributed by atoms with Gasteiger partial charge in [0.25, 0.3) is 0 Å². The molecule has 0 aliphatic carbocycles. The highest BCUT2D eigenvalue weighted by Gasteiger charge is 2.25. The first-order valence-corrected chi connectivity index (χ1v) is 15.0. The number of para-hydroxylation sites is 1. The van der Waals surface area contributed by atoms with E-state index in [-0.39, 0.29) is 11.9 Å². The van der Waals surface area contributed by atoms with E-state index in [4.69, 9.17) is 0 Å². The molecule has 1 aliphatic rings. The van der Waals surface area contributed by atoms with Crippen LogP contribution in [0.15, 0.2) is 48.5 Å². The maximum atomic E-state index is 12.3. The topological polar surface area (TPSA) is 119 Å². The molecule has 1 atom stereocenters. The van der Waals surface area contributed by atoms with E-state index >= 15 is 0 Å². The molecule has 12 heteroatoms. The van der Waals surface area contributed by atoms with Gasteiger partial charge in [0.1, 0.15) is 0 Å². The standard InChI is InChI=1S/C23H33N5O5S2/c1-18(29)26(2)23(17-27-14-7-8-15-27)20-11-9-10-19(16-20)21-12-5-6-13-22(21)28(24-34(3,30)31)25-35(4,32)33/h5-6,9-13,16,23-25H,7-8,14-15,17H2,1-4H3/t23-/m1/s1. The summed E-state index contributed by atoms with van der Waals surface area (Å²) in [5.41, 5.74) is 2.58. The Morgan fingerprint density at radius 3 is 2.14 bits per heavy atom. The number of likely N-dealkylation sites (tertiary alicyclic amines) is 1. The van der Waals surface area contributed by atoms with Crippen molar-refractivity contribution < 1.29 is 21.6 Å². The van der Waals surface area contributed by atoms with Gasteiger partial charge < -0.3 is 9.80 Å². The molecule has 1 amide bonds. The highest BCUT2D eigenvalue weighted by Crippen LogP contribution is 2.33. The number of benzene rings is 2. The third kappa shape index (κ3) is 7.74. The number of nitrogens with one attached hydrogen (secondary N) is 2. The molecule has 1 saturated heterocycles. The van der Waals surface area contributed by atoms with Crippen LogP contribution in [0.4, 0.5) is 5.69 Å². The predicted octanol–water partition coefficient (Wildman–Crippen LogP) is 1.70. The summed E-state index contributed by atoms with van der Waals surface area (Å²) in [6, 6.07) is 14.4. The minimum Gasteiger partial charge on any atom is -0.338 e. The lowest BCUT2D eigenvalue weighted by Gasteiger charge is -2.32. The SMILES string of the molecule is CC(=O)N(C)[C@H](CN1CCCC1)c1cccc(-c2ccccc2N(NS(C)(=O)=O)NS(C)(=O)=O)c1. The van der Waals surface area contributed by atoms with Gasteiger partial charge in [-0.15, -0.1) is 9.66 Å². The predicted molar refractivity (Wildman–Crippen MR) is 137 cm³/mol. The summed E-state index contributed by atoms with van der Waals surface area (Å²) in [5, 5.41) is 0.885. The van der Waals surface area contributed by atoms with Crippen LogP contribution in [0.3, 0.4) is 0 Å². The smallest absolute Gasteiger partial charge is 0.226 e. The van der Waals surface area contributed by atoms with Crippen LogP contribution >= 0.6 is 0 Å². The molecule has 2 N–H and O–H groups in total. The molecule has 2 aromatic carbocycles. The van der Waals surface area contributed by atoms with Crippen LogP contribution in [0, 0.1) is 0 Å². The number of carbonyl (C=O) groups is 1. The molecule has 1 aliphatic heterocycles. The largest absolute Gasteiger partial charge is 0.338 e. The van der Waals surface area contributed by atoms with E-state index in [1.165, 1.54) is 0 Å². The number of sulfonamides is 2. The molecule has 1 fully saturated rings. The Morgan fingerprint density at radius 2 is 1.57 bits per heavy atom. The van der Waals surface area contributed by atoms with E-state index in [0.29, 0.717) is 17.8 Å². The van der Waals surface area contributed by atoms with E-state index in [1.807, 2.05) is 24.3 Å². The van der Waals surface area contributed by atoms with Crippen LogP contribution in [-0.4, -0.2) is 71.7 Å². The maximum absolute atomic E-state index is 12.3. The fourth-order valence-corrected chi connectivity index (χ4v) is 5.16. The van der Waals surface area contributed by atoms with E-state index in [0.717, 1.165) is 54.7 Å².